The second-order valence-electron chi connectivity index (χ2n) is 9.15. The van der Waals surface area contributed by atoms with Crippen LogP contribution in [-0.4, -0.2) is 70.6 Å². The SMILES string of the molecule is OC1CCCN(c2nc(OCC34CCCN3C[C@H](F)C4)nc3c(F)c(Br)c(Cl)cc23)CC1. The van der Waals surface area contributed by atoms with Crippen molar-refractivity contribution in [1.82, 2.24) is 14.9 Å². The summed E-state index contributed by atoms with van der Waals surface area (Å²) in [6, 6.07) is 1.74. The highest BCUT2D eigenvalue weighted by molar-refractivity contribution is 9.10. The minimum atomic E-state index is -0.856. The van der Waals surface area contributed by atoms with Gasteiger partial charge in [-0.05, 0) is 60.6 Å². The largest absolute Gasteiger partial charge is 0.461 e. The Hall–Kier alpha value is -1.29. The highest BCUT2D eigenvalue weighted by Crippen LogP contribution is 2.41. The van der Waals surface area contributed by atoms with Crippen LogP contribution in [0.4, 0.5) is 14.6 Å². The number of anilines is 1. The second-order valence-corrected chi connectivity index (χ2v) is 10.3. The summed E-state index contributed by atoms with van der Waals surface area (Å²) in [4.78, 5) is 13.2. The average Bonchev–Trinajstić information content (AvgIpc) is 3.19. The molecule has 4 heterocycles. The van der Waals surface area contributed by atoms with Crippen molar-refractivity contribution in [3.8, 4) is 6.01 Å². The van der Waals surface area contributed by atoms with Gasteiger partial charge in [-0.25, -0.2) is 8.78 Å². The molecule has 0 saturated carbocycles. The molecule has 1 aromatic heterocycles. The van der Waals surface area contributed by atoms with Gasteiger partial charge in [0.15, 0.2) is 5.82 Å². The predicted octanol–water partition coefficient (Wildman–Crippen LogP) is 4.49. The van der Waals surface area contributed by atoms with E-state index in [9.17, 15) is 9.50 Å². The lowest BCUT2D eigenvalue weighted by Gasteiger charge is -2.31. The summed E-state index contributed by atoms with van der Waals surface area (Å²) >= 11 is 9.44. The second kappa shape index (κ2) is 8.81. The minimum absolute atomic E-state index is 0.0777. The standard InChI is InChI=1S/C22H26BrClF2N4O2/c23-17-16(24)9-15-19(18(17)26)27-21(28-20(15)29-6-1-3-14(31)4-8-29)32-12-22-5-2-7-30(22)11-13(25)10-22/h9,13-14,31H,1-8,10-12H2/t13-,14?,22?/m1/s1. The topological polar surface area (TPSA) is 61.7 Å². The van der Waals surface area contributed by atoms with E-state index in [0.717, 1.165) is 25.8 Å². The highest BCUT2D eigenvalue weighted by Gasteiger charge is 2.49. The summed E-state index contributed by atoms with van der Waals surface area (Å²) in [6.07, 6.45) is 3.21. The molecule has 174 valence electrons. The number of rotatable bonds is 4. The third kappa shape index (κ3) is 4.06. The zero-order valence-electron chi connectivity index (χ0n) is 17.7. The van der Waals surface area contributed by atoms with Gasteiger partial charge in [0.1, 0.15) is 24.1 Å². The lowest BCUT2D eigenvalue weighted by Crippen LogP contribution is -2.43. The van der Waals surface area contributed by atoms with Crippen molar-refractivity contribution >= 4 is 44.3 Å². The molecular formula is C22H26BrClF2N4O2. The van der Waals surface area contributed by atoms with Gasteiger partial charge < -0.3 is 14.7 Å². The summed E-state index contributed by atoms with van der Waals surface area (Å²) in [5.74, 6) is -0.0239. The molecule has 0 spiro atoms. The molecular weight excluding hydrogens is 506 g/mol. The van der Waals surface area contributed by atoms with Gasteiger partial charge >= 0.3 is 6.01 Å². The van der Waals surface area contributed by atoms with Gasteiger partial charge in [-0.15, -0.1) is 0 Å². The first-order chi connectivity index (χ1) is 15.4. The number of aromatic nitrogens is 2. The Morgan fingerprint density at radius 2 is 2.09 bits per heavy atom. The van der Waals surface area contributed by atoms with Crippen LogP contribution in [0.15, 0.2) is 10.5 Å². The molecule has 0 radical (unpaired) electrons. The van der Waals surface area contributed by atoms with Crippen LogP contribution in [0.25, 0.3) is 10.9 Å². The van der Waals surface area contributed by atoms with Crippen LogP contribution in [-0.2, 0) is 0 Å². The number of alkyl halides is 1. The van der Waals surface area contributed by atoms with Gasteiger partial charge in [0, 0.05) is 31.4 Å². The van der Waals surface area contributed by atoms with E-state index < -0.39 is 12.0 Å². The number of nitrogens with zero attached hydrogens (tertiary/aromatic N) is 4. The molecule has 3 saturated heterocycles. The Morgan fingerprint density at radius 1 is 1.25 bits per heavy atom. The van der Waals surface area contributed by atoms with Crippen LogP contribution in [0.3, 0.4) is 0 Å². The fraction of sp³-hybridized carbons (Fsp3) is 0.636. The fourth-order valence-electron chi connectivity index (χ4n) is 5.38. The Bertz CT molecular complexity index is 1030. The summed E-state index contributed by atoms with van der Waals surface area (Å²) in [7, 11) is 0. The lowest BCUT2D eigenvalue weighted by atomic mass is 9.95. The van der Waals surface area contributed by atoms with Crippen molar-refractivity contribution in [3.63, 3.8) is 0 Å². The summed E-state index contributed by atoms with van der Waals surface area (Å²) in [6.45, 7) is 2.84. The van der Waals surface area contributed by atoms with E-state index in [1.54, 1.807) is 6.07 Å². The number of halogens is 4. The zero-order valence-corrected chi connectivity index (χ0v) is 20.0. The minimum Gasteiger partial charge on any atom is -0.461 e. The fourth-order valence-corrected chi connectivity index (χ4v) is 5.87. The monoisotopic (exact) mass is 530 g/mol. The van der Waals surface area contributed by atoms with E-state index in [-0.39, 0.29) is 39.3 Å². The summed E-state index contributed by atoms with van der Waals surface area (Å²) in [5.41, 5.74) is -0.217. The third-order valence-electron chi connectivity index (χ3n) is 7.01. The molecule has 32 heavy (non-hydrogen) atoms. The quantitative estimate of drug-likeness (QED) is 0.587. The van der Waals surface area contributed by atoms with E-state index in [4.69, 9.17) is 16.3 Å². The average molecular weight is 532 g/mol. The number of hydrogen-bond donors (Lipinski definition) is 1. The van der Waals surface area contributed by atoms with Crippen LogP contribution in [0, 0.1) is 5.82 Å². The van der Waals surface area contributed by atoms with Crippen LogP contribution >= 0.6 is 27.5 Å². The Morgan fingerprint density at radius 3 is 2.94 bits per heavy atom. The van der Waals surface area contributed by atoms with E-state index in [0.29, 0.717) is 50.1 Å². The normalized spacial score (nSPS) is 28.8. The van der Waals surface area contributed by atoms with Crippen molar-refractivity contribution in [2.24, 2.45) is 0 Å². The number of aliphatic hydroxyl groups excluding tert-OH is 1. The Kier molecular flexibility index (Phi) is 6.20. The molecule has 0 amide bonds. The first-order valence-corrected chi connectivity index (χ1v) is 12.3. The molecule has 0 aliphatic carbocycles. The van der Waals surface area contributed by atoms with Crippen LogP contribution in [0.2, 0.25) is 5.02 Å². The molecule has 1 aromatic carbocycles. The molecule has 0 bridgehead atoms. The summed E-state index contributed by atoms with van der Waals surface area (Å²) < 4.78 is 35.4. The van der Waals surface area contributed by atoms with Crippen molar-refractivity contribution in [2.75, 3.05) is 37.7 Å². The van der Waals surface area contributed by atoms with Crippen LogP contribution in [0.5, 0.6) is 6.01 Å². The van der Waals surface area contributed by atoms with E-state index in [1.165, 1.54) is 0 Å². The maximum Gasteiger partial charge on any atom is 0.319 e. The van der Waals surface area contributed by atoms with E-state index in [2.05, 4.69) is 30.8 Å². The van der Waals surface area contributed by atoms with Gasteiger partial charge in [0.2, 0.25) is 0 Å². The maximum absolute atomic E-state index is 15.1. The van der Waals surface area contributed by atoms with Gasteiger partial charge in [-0.1, -0.05) is 11.6 Å². The number of ether oxygens (including phenoxy) is 1. The van der Waals surface area contributed by atoms with Crippen LogP contribution in [0.1, 0.15) is 38.5 Å². The van der Waals surface area contributed by atoms with Crippen molar-refractivity contribution in [3.05, 3.63) is 21.4 Å². The number of fused-ring (bicyclic) bond motifs is 2. The third-order valence-corrected chi connectivity index (χ3v) is 8.32. The molecule has 5 rings (SSSR count). The number of benzene rings is 1. The molecule has 3 fully saturated rings. The Labute approximate surface area is 199 Å². The van der Waals surface area contributed by atoms with Crippen LogP contribution < -0.4 is 9.64 Å². The molecule has 6 nitrogen and oxygen atoms in total. The zero-order chi connectivity index (χ0) is 22.5. The van der Waals surface area contributed by atoms with E-state index >= 15 is 4.39 Å². The lowest BCUT2D eigenvalue weighted by molar-refractivity contribution is 0.107. The Balaban J connectivity index is 1.51. The molecule has 10 heteroatoms. The molecule has 3 aliphatic heterocycles. The van der Waals surface area contributed by atoms with Crippen molar-refractivity contribution in [2.45, 2.75) is 56.3 Å². The maximum atomic E-state index is 15.1. The van der Waals surface area contributed by atoms with Gasteiger partial charge in [0.25, 0.3) is 0 Å². The van der Waals surface area contributed by atoms with Gasteiger partial charge in [0.05, 0.1) is 21.1 Å². The van der Waals surface area contributed by atoms with Gasteiger partial charge in [-0.2, -0.15) is 9.97 Å². The number of hydrogen-bond acceptors (Lipinski definition) is 6. The molecule has 2 unspecified atom stereocenters. The molecule has 3 atom stereocenters. The molecule has 1 N–H and O–H groups in total. The first-order valence-electron chi connectivity index (χ1n) is 11.2. The number of aliphatic hydroxyl groups is 1. The highest BCUT2D eigenvalue weighted by atomic mass is 79.9. The molecule has 2 aromatic rings. The molecule has 3 aliphatic rings. The van der Waals surface area contributed by atoms with Crippen molar-refractivity contribution < 1.29 is 18.6 Å². The predicted molar refractivity (Wildman–Crippen MR) is 123 cm³/mol. The smallest absolute Gasteiger partial charge is 0.319 e. The van der Waals surface area contributed by atoms with Gasteiger partial charge in [-0.3, -0.25) is 4.90 Å². The first kappa shape index (κ1) is 22.5. The van der Waals surface area contributed by atoms with Crippen molar-refractivity contribution in [1.29, 1.82) is 0 Å². The van der Waals surface area contributed by atoms with E-state index in [1.807, 2.05) is 4.90 Å². The summed E-state index contributed by atoms with van der Waals surface area (Å²) in [5, 5.41) is 10.8.